The number of fused-ring (bicyclic) bond motifs is 1. The van der Waals surface area contributed by atoms with Crippen molar-refractivity contribution in [3.8, 4) is 0 Å². The van der Waals surface area contributed by atoms with Gasteiger partial charge in [0.2, 0.25) is 0 Å². The quantitative estimate of drug-likeness (QED) is 0.845. The molecule has 0 aliphatic carbocycles. The van der Waals surface area contributed by atoms with Gasteiger partial charge in [-0.25, -0.2) is 0 Å². The number of aryl methyl sites for hydroxylation is 1. The van der Waals surface area contributed by atoms with Gasteiger partial charge in [0, 0.05) is 31.2 Å². The van der Waals surface area contributed by atoms with Crippen molar-refractivity contribution in [3.05, 3.63) is 53.5 Å². The smallest absolute Gasteiger partial charge is 0.103 e. The zero-order valence-electron chi connectivity index (χ0n) is 12.0. The zero-order chi connectivity index (χ0) is 13.8. The Morgan fingerprint density at radius 3 is 3.10 bits per heavy atom. The number of hydrogen-bond acceptors (Lipinski definition) is 3. The first-order chi connectivity index (χ1) is 9.83. The van der Waals surface area contributed by atoms with Crippen LogP contribution in [0.2, 0.25) is 0 Å². The van der Waals surface area contributed by atoms with E-state index in [0.717, 1.165) is 38.1 Å². The highest BCUT2D eigenvalue weighted by Gasteiger charge is 2.13. The lowest BCUT2D eigenvalue weighted by Crippen LogP contribution is -2.26. The molecule has 0 fully saturated rings. The summed E-state index contributed by atoms with van der Waals surface area (Å²) in [5, 5.41) is 7.10. The summed E-state index contributed by atoms with van der Waals surface area (Å²) in [4.78, 5) is 0. The zero-order valence-corrected chi connectivity index (χ0v) is 12.0. The van der Waals surface area contributed by atoms with Gasteiger partial charge < -0.3 is 15.1 Å². The maximum absolute atomic E-state index is 5.37. The molecule has 1 atom stereocenters. The molecule has 2 N–H and O–H groups in total. The van der Waals surface area contributed by atoms with E-state index in [2.05, 4.69) is 35.8 Å². The lowest BCUT2D eigenvalue weighted by molar-refractivity contribution is 0.460. The van der Waals surface area contributed by atoms with Gasteiger partial charge in [0.05, 0.1) is 6.26 Å². The lowest BCUT2D eigenvalue weighted by Gasteiger charge is -2.15. The van der Waals surface area contributed by atoms with E-state index in [0.29, 0.717) is 6.04 Å². The monoisotopic (exact) mass is 270 g/mol. The Bertz CT molecular complexity index is 548. The number of hydrogen-bond donors (Lipinski definition) is 2. The number of anilines is 1. The van der Waals surface area contributed by atoms with E-state index in [1.54, 1.807) is 6.26 Å². The molecule has 0 spiro atoms. The van der Waals surface area contributed by atoms with Crippen LogP contribution in [0.3, 0.4) is 0 Å². The van der Waals surface area contributed by atoms with Crippen molar-refractivity contribution >= 4 is 5.69 Å². The van der Waals surface area contributed by atoms with E-state index in [9.17, 15) is 0 Å². The van der Waals surface area contributed by atoms with Crippen LogP contribution >= 0.6 is 0 Å². The van der Waals surface area contributed by atoms with E-state index in [1.807, 2.05) is 12.1 Å². The van der Waals surface area contributed by atoms with E-state index in [4.69, 9.17) is 4.42 Å². The maximum atomic E-state index is 5.37. The van der Waals surface area contributed by atoms with Gasteiger partial charge in [-0.15, -0.1) is 0 Å². The second-order valence-electron chi connectivity index (χ2n) is 5.53. The summed E-state index contributed by atoms with van der Waals surface area (Å²) >= 11 is 0. The topological polar surface area (TPSA) is 37.2 Å². The van der Waals surface area contributed by atoms with Crippen LogP contribution in [0, 0.1) is 0 Å². The molecule has 1 unspecified atom stereocenters. The largest absolute Gasteiger partial charge is 0.469 e. The Morgan fingerprint density at radius 2 is 2.25 bits per heavy atom. The molecular formula is C17H22N2O. The predicted octanol–water partition coefficient (Wildman–Crippen LogP) is 3.36. The minimum atomic E-state index is 0.484. The lowest BCUT2D eigenvalue weighted by atomic mass is 10.1. The van der Waals surface area contributed by atoms with E-state index in [1.165, 1.54) is 16.8 Å². The van der Waals surface area contributed by atoms with Gasteiger partial charge in [-0.05, 0) is 43.0 Å². The molecule has 106 valence electrons. The van der Waals surface area contributed by atoms with Crippen LogP contribution < -0.4 is 10.6 Å². The predicted molar refractivity (Wildman–Crippen MR) is 82.0 cm³/mol. The van der Waals surface area contributed by atoms with Gasteiger partial charge in [-0.1, -0.05) is 18.2 Å². The van der Waals surface area contributed by atoms with Crippen LogP contribution in [0.15, 0.2) is 41.0 Å². The van der Waals surface area contributed by atoms with Crippen LogP contribution in [0.4, 0.5) is 5.69 Å². The summed E-state index contributed by atoms with van der Waals surface area (Å²) in [5.74, 6) is 1.07. The molecular weight excluding hydrogens is 248 g/mol. The first-order valence-electron chi connectivity index (χ1n) is 7.43. The fourth-order valence-corrected chi connectivity index (χ4v) is 2.76. The maximum Gasteiger partial charge on any atom is 0.103 e. The fraction of sp³-hybridized carbons (Fsp3) is 0.412. The second-order valence-corrected chi connectivity index (χ2v) is 5.53. The van der Waals surface area contributed by atoms with Crippen molar-refractivity contribution in [1.82, 2.24) is 5.32 Å². The Balaban J connectivity index is 1.50. The molecule has 20 heavy (non-hydrogen) atoms. The van der Waals surface area contributed by atoms with Crippen molar-refractivity contribution in [2.24, 2.45) is 0 Å². The van der Waals surface area contributed by atoms with Gasteiger partial charge in [-0.3, -0.25) is 0 Å². The standard InChI is InChI=1S/C17H22N2O/c1-13(7-8-16-6-3-11-20-16)19-12-15-5-2-4-14-9-10-18-17(14)15/h2-6,11,13,18-19H,7-10,12H2,1H3. The molecule has 3 nitrogen and oxygen atoms in total. The molecule has 1 aliphatic rings. The van der Waals surface area contributed by atoms with Crippen LogP contribution in [-0.2, 0) is 19.4 Å². The van der Waals surface area contributed by atoms with Gasteiger partial charge in [-0.2, -0.15) is 0 Å². The summed E-state index contributed by atoms with van der Waals surface area (Å²) in [6.45, 7) is 4.23. The Morgan fingerprint density at radius 1 is 1.30 bits per heavy atom. The average molecular weight is 270 g/mol. The molecule has 0 saturated heterocycles. The average Bonchev–Trinajstić information content (AvgIpc) is 3.13. The van der Waals surface area contributed by atoms with E-state index < -0.39 is 0 Å². The Kier molecular flexibility index (Phi) is 4.07. The normalized spacial score (nSPS) is 14.8. The first kappa shape index (κ1) is 13.3. The molecule has 1 aromatic carbocycles. The van der Waals surface area contributed by atoms with Crippen molar-refractivity contribution in [2.75, 3.05) is 11.9 Å². The molecule has 0 bridgehead atoms. The van der Waals surface area contributed by atoms with Crippen molar-refractivity contribution in [3.63, 3.8) is 0 Å². The Labute approximate surface area is 120 Å². The van der Waals surface area contributed by atoms with E-state index in [-0.39, 0.29) is 0 Å². The Hall–Kier alpha value is -1.74. The highest BCUT2D eigenvalue weighted by Crippen LogP contribution is 2.26. The third-order valence-electron chi connectivity index (χ3n) is 3.98. The molecule has 0 radical (unpaired) electrons. The summed E-state index contributed by atoms with van der Waals surface area (Å²) in [5.41, 5.74) is 4.18. The minimum Gasteiger partial charge on any atom is -0.469 e. The first-order valence-corrected chi connectivity index (χ1v) is 7.43. The molecule has 1 aliphatic heterocycles. The van der Waals surface area contributed by atoms with Crippen molar-refractivity contribution in [2.45, 2.75) is 38.8 Å². The SMILES string of the molecule is CC(CCc1ccco1)NCc1cccc2c1NCC2. The van der Waals surface area contributed by atoms with Gasteiger partial charge >= 0.3 is 0 Å². The van der Waals surface area contributed by atoms with Gasteiger partial charge in [0.15, 0.2) is 0 Å². The van der Waals surface area contributed by atoms with Gasteiger partial charge in [0.25, 0.3) is 0 Å². The molecule has 3 rings (SSSR count). The van der Waals surface area contributed by atoms with Crippen LogP contribution in [0.25, 0.3) is 0 Å². The van der Waals surface area contributed by atoms with E-state index >= 15 is 0 Å². The molecule has 2 heterocycles. The minimum absolute atomic E-state index is 0.484. The number of benzene rings is 1. The van der Waals surface area contributed by atoms with Crippen LogP contribution in [0.1, 0.15) is 30.2 Å². The fourth-order valence-electron chi connectivity index (χ4n) is 2.76. The molecule has 1 aromatic heterocycles. The number of rotatable bonds is 6. The summed E-state index contributed by atoms with van der Waals surface area (Å²) < 4.78 is 5.37. The molecule has 0 saturated carbocycles. The highest BCUT2D eigenvalue weighted by atomic mass is 16.3. The summed E-state index contributed by atoms with van der Waals surface area (Å²) in [6, 6.07) is 11.1. The number of furan rings is 1. The summed E-state index contributed by atoms with van der Waals surface area (Å²) in [6.07, 6.45) is 4.98. The van der Waals surface area contributed by atoms with Crippen molar-refractivity contribution < 1.29 is 4.42 Å². The third-order valence-corrected chi connectivity index (χ3v) is 3.98. The molecule has 2 aromatic rings. The van der Waals surface area contributed by atoms with Gasteiger partial charge in [0.1, 0.15) is 5.76 Å². The van der Waals surface area contributed by atoms with Crippen molar-refractivity contribution in [1.29, 1.82) is 0 Å². The number of nitrogens with one attached hydrogen (secondary N) is 2. The third kappa shape index (κ3) is 3.05. The second kappa shape index (κ2) is 6.14. The van der Waals surface area contributed by atoms with Crippen LogP contribution in [0.5, 0.6) is 0 Å². The highest BCUT2D eigenvalue weighted by molar-refractivity contribution is 5.61. The van der Waals surface area contributed by atoms with Crippen LogP contribution in [-0.4, -0.2) is 12.6 Å². The molecule has 0 amide bonds. The number of para-hydroxylation sites is 1. The summed E-state index contributed by atoms with van der Waals surface area (Å²) in [7, 11) is 0. The molecule has 3 heteroatoms.